The van der Waals surface area contributed by atoms with Crippen LogP contribution in [-0.2, 0) is 6.42 Å². The van der Waals surface area contributed by atoms with Gasteiger partial charge in [-0.25, -0.2) is 15.0 Å². The van der Waals surface area contributed by atoms with Crippen molar-refractivity contribution in [2.75, 3.05) is 11.5 Å². The van der Waals surface area contributed by atoms with Gasteiger partial charge in [0.15, 0.2) is 10.8 Å². The van der Waals surface area contributed by atoms with Crippen LogP contribution in [0.5, 0.6) is 0 Å². The Balaban J connectivity index is 2.75. The number of fused-ring (bicyclic) bond motifs is 1. The summed E-state index contributed by atoms with van der Waals surface area (Å²) in [4.78, 5) is 12.4. The van der Waals surface area contributed by atoms with Crippen LogP contribution in [0, 0.1) is 0 Å². The molecule has 2 aromatic heterocycles. The zero-order valence-electron chi connectivity index (χ0n) is 7.11. The number of thiazole rings is 1. The molecule has 0 amide bonds. The number of aromatic nitrogens is 3. The summed E-state index contributed by atoms with van der Waals surface area (Å²) in [6, 6.07) is 0. The Hall–Kier alpha value is -1.43. The van der Waals surface area contributed by atoms with Crippen LogP contribution in [0.1, 0.15) is 12.7 Å². The Bertz CT molecular complexity index is 449. The zero-order valence-corrected chi connectivity index (χ0v) is 7.93. The molecule has 0 saturated carbocycles. The number of hydrogen-bond acceptors (Lipinski definition) is 6. The van der Waals surface area contributed by atoms with E-state index in [4.69, 9.17) is 11.5 Å². The average molecular weight is 195 g/mol. The highest BCUT2D eigenvalue weighted by Gasteiger charge is 2.08. The van der Waals surface area contributed by atoms with Gasteiger partial charge in [-0.15, -0.1) is 0 Å². The van der Waals surface area contributed by atoms with Crippen molar-refractivity contribution in [3.05, 3.63) is 5.82 Å². The quantitative estimate of drug-likeness (QED) is 0.702. The molecule has 68 valence electrons. The molecule has 0 fully saturated rings. The third-order valence-electron chi connectivity index (χ3n) is 1.66. The number of nitrogen functional groups attached to an aromatic ring is 2. The molecule has 13 heavy (non-hydrogen) atoms. The van der Waals surface area contributed by atoms with Crippen LogP contribution in [0.2, 0.25) is 0 Å². The Morgan fingerprint density at radius 2 is 2.00 bits per heavy atom. The molecule has 0 unspecified atom stereocenters. The minimum absolute atomic E-state index is 0.469. The SMILES string of the molecule is CCc1nc(N)c2sc(N)nc2n1. The summed E-state index contributed by atoms with van der Waals surface area (Å²) >= 11 is 1.31. The largest absolute Gasteiger partial charge is 0.382 e. The van der Waals surface area contributed by atoms with E-state index in [1.54, 1.807) is 0 Å². The normalized spacial score (nSPS) is 10.8. The Kier molecular flexibility index (Phi) is 1.77. The number of nitrogens with two attached hydrogens (primary N) is 2. The average Bonchev–Trinajstić information content (AvgIpc) is 2.46. The van der Waals surface area contributed by atoms with Gasteiger partial charge in [0.1, 0.15) is 16.3 Å². The van der Waals surface area contributed by atoms with E-state index in [0.717, 1.165) is 11.1 Å². The first-order valence-electron chi connectivity index (χ1n) is 3.89. The molecule has 0 radical (unpaired) electrons. The summed E-state index contributed by atoms with van der Waals surface area (Å²) in [7, 11) is 0. The van der Waals surface area contributed by atoms with Gasteiger partial charge in [-0.2, -0.15) is 0 Å². The maximum absolute atomic E-state index is 5.71. The third-order valence-corrected chi connectivity index (χ3v) is 2.56. The number of nitrogens with zero attached hydrogens (tertiary/aromatic N) is 3. The Labute approximate surface area is 78.8 Å². The number of aryl methyl sites for hydroxylation is 1. The first-order valence-corrected chi connectivity index (χ1v) is 4.70. The Morgan fingerprint density at radius 3 is 2.69 bits per heavy atom. The lowest BCUT2D eigenvalue weighted by Gasteiger charge is -1.96. The minimum Gasteiger partial charge on any atom is -0.382 e. The molecule has 0 bridgehead atoms. The monoisotopic (exact) mass is 195 g/mol. The van der Waals surface area contributed by atoms with E-state index < -0.39 is 0 Å². The molecule has 6 heteroatoms. The van der Waals surface area contributed by atoms with Crippen LogP contribution in [-0.4, -0.2) is 15.0 Å². The molecule has 0 aliphatic rings. The number of hydrogen-bond donors (Lipinski definition) is 2. The molecule has 0 atom stereocenters. The lowest BCUT2D eigenvalue weighted by Crippen LogP contribution is -1.98. The van der Waals surface area contributed by atoms with Crippen LogP contribution in [0.3, 0.4) is 0 Å². The van der Waals surface area contributed by atoms with Crippen molar-refractivity contribution in [3.8, 4) is 0 Å². The van der Waals surface area contributed by atoms with Crippen molar-refractivity contribution in [2.45, 2.75) is 13.3 Å². The zero-order chi connectivity index (χ0) is 9.42. The molecule has 2 rings (SSSR count). The smallest absolute Gasteiger partial charge is 0.182 e. The number of anilines is 2. The summed E-state index contributed by atoms with van der Waals surface area (Å²) in [5.41, 5.74) is 11.8. The molecular weight excluding hydrogens is 186 g/mol. The molecule has 0 saturated heterocycles. The summed E-state index contributed by atoms with van der Waals surface area (Å²) in [6.45, 7) is 1.97. The van der Waals surface area contributed by atoms with E-state index >= 15 is 0 Å². The van der Waals surface area contributed by atoms with Gasteiger partial charge in [-0.05, 0) is 0 Å². The first kappa shape index (κ1) is 8.18. The summed E-state index contributed by atoms with van der Waals surface area (Å²) in [5, 5.41) is 0.476. The van der Waals surface area contributed by atoms with Crippen LogP contribution in [0.15, 0.2) is 0 Å². The molecule has 0 aliphatic heterocycles. The molecule has 4 N–H and O–H groups in total. The molecule has 2 aromatic rings. The van der Waals surface area contributed by atoms with E-state index in [0.29, 0.717) is 22.4 Å². The van der Waals surface area contributed by atoms with Gasteiger partial charge in [0.05, 0.1) is 0 Å². The van der Waals surface area contributed by atoms with Crippen LogP contribution in [0.4, 0.5) is 10.9 Å². The van der Waals surface area contributed by atoms with E-state index in [9.17, 15) is 0 Å². The van der Waals surface area contributed by atoms with Gasteiger partial charge in [0, 0.05) is 6.42 Å². The second kappa shape index (κ2) is 2.81. The number of rotatable bonds is 1. The highest BCUT2D eigenvalue weighted by molar-refractivity contribution is 7.22. The van der Waals surface area contributed by atoms with Crippen LogP contribution >= 0.6 is 11.3 Å². The molecular formula is C7H9N5S. The van der Waals surface area contributed by atoms with Crippen molar-refractivity contribution >= 4 is 32.6 Å². The molecule has 0 spiro atoms. The highest BCUT2D eigenvalue weighted by Crippen LogP contribution is 2.26. The van der Waals surface area contributed by atoms with Crippen LogP contribution < -0.4 is 11.5 Å². The highest BCUT2D eigenvalue weighted by atomic mass is 32.1. The van der Waals surface area contributed by atoms with Gasteiger partial charge >= 0.3 is 0 Å². The van der Waals surface area contributed by atoms with E-state index in [1.165, 1.54) is 11.3 Å². The predicted molar refractivity (Wildman–Crippen MR) is 53.4 cm³/mol. The first-order chi connectivity index (χ1) is 6.20. The maximum Gasteiger partial charge on any atom is 0.182 e. The van der Waals surface area contributed by atoms with Crippen molar-refractivity contribution in [1.29, 1.82) is 0 Å². The second-order valence-electron chi connectivity index (χ2n) is 2.58. The lowest BCUT2D eigenvalue weighted by molar-refractivity contribution is 0.961. The fourth-order valence-corrected chi connectivity index (χ4v) is 1.74. The lowest BCUT2D eigenvalue weighted by atomic mass is 10.4. The van der Waals surface area contributed by atoms with Crippen LogP contribution in [0.25, 0.3) is 10.3 Å². The van der Waals surface area contributed by atoms with E-state index in [2.05, 4.69) is 15.0 Å². The van der Waals surface area contributed by atoms with Crippen molar-refractivity contribution in [3.63, 3.8) is 0 Å². The fourth-order valence-electron chi connectivity index (χ4n) is 1.07. The third kappa shape index (κ3) is 1.29. The summed E-state index contributed by atoms with van der Waals surface area (Å²) < 4.78 is 0.773. The van der Waals surface area contributed by atoms with Crippen molar-refractivity contribution in [1.82, 2.24) is 15.0 Å². The maximum atomic E-state index is 5.71. The molecule has 5 nitrogen and oxygen atoms in total. The standard InChI is InChI=1S/C7H9N5S/c1-2-3-10-5(8)4-6(11-3)12-7(9)13-4/h2H2,1H3,(H4,8,9,10,11,12). The fraction of sp³-hybridized carbons (Fsp3) is 0.286. The van der Waals surface area contributed by atoms with Gasteiger partial charge in [0.25, 0.3) is 0 Å². The van der Waals surface area contributed by atoms with Gasteiger partial charge in [0.2, 0.25) is 0 Å². The summed E-state index contributed by atoms with van der Waals surface area (Å²) in [5.74, 6) is 1.17. The predicted octanol–water partition coefficient (Wildman–Crippen LogP) is 0.813. The molecule has 0 aromatic carbocycles. The Morgan fingerprint density at radius 1 is 1.23 bits per heavy atom. The summed E-state index contributed by atoms with van der Waals surface area (Å²) in [6.07, 6.45) is 0.748. The second-order valence-corrected chi connectivity index (χ2v) is 3.61. The topological polar surface area (TPSA) is 90.7 Å². The van der Waals surface area contributed by atoms with Crippen molar-refractivity contribution in [2.24, 2.45) is 0 Å². The van der Waals surface area contributed by atoms with Crippen molar-refractivity contribution < 1.29 is 0 Å². The van der Waals surface area contributed by atoms with E-state index in [1.807, 2.05) is 6.92 Å². The van der Waals surface area contributed by atoms with E-state index in [-0.39, 0.29) is 0 Å². The molecule has 0 aliphatic carbocycles. The molecule has 2 heterocycles. The van der Waals surface area contributed by atoms with Gasteiger partial charge < -0.3 is 11.5 Å². The van der Waals surface area contributed by atoms with Gasteiger partial charge in [-0.1, -0.05) is 18.3 Å². The van der Waals surface area contributed by atoms with Gasteiger partial charge in [-0.3, -0.25) is 0 Å². The minimum atomic E-state index is 0.469.